The Labute approximate surface area is 71.9 Å². The molecule has 3 heteroatoms. The van der Waals surface area contributed by atoms with Gasteiger partial charge >= 0.3 is 23.9 Å². The zero-order valence-electron chi connectivity index (χ0n) is 4.45. The topological polar surface area (TPSA) is 12.9 Å². The second kappa shape index (κ2) is 7.24. The molecule has 0 spiro atoms. The van der Waals surface area contributed by atoms with E-state index >= 15 is 0 Å². The molecule has 0 saturated carbocycles. The van der Waals surface area contributed by atoms with E-state index in [9.17, 15) is 0 Å². The van der Waals surface area contributed by atoms with Gasteiger partial charge in [-0.05, 0) is 12.1 Å². The molecular formula is C5H8ClNSn. The third kappa shape index (κ3) is 4.40. The summed E-state index contributed by atoms with van der Waals surface area (Å²) in [6, 6.07) is 5.72. The minimum Gasteiger partial charge on any atom is -0.265 e. The van der Waals surface area contributed by atoms with Crippen molar-refractivity contribution in [1.29, 1.82) is 0 Å². The van der Waals surface area contributed by atoms with E-state index in [1.165, 1.54) is 0 Å². The van der Waals surface area contributed by atoms with Crippen LogP contribution in [0.3, 0.4) is 0 Å². The number of aromatic nitrogens is 1. The van der Waals surface area contributed by atoms with Gasteiger partial charge in [0.25, 0.3) is 0 Å². The molecule has 0 aliphatic rings. The van der Waals surface area contributed by atoms with Crippen molar-refractivity contribution in [1.82, 2.24) is 4.98 Å². The Balaban J connectivity index is 0. The fraction of sp³-hybridized carbons (Fsp3) is 0. The number of hydrogen-bond acceptors (Lipinski definition) is 1. The predicted molar refractivity (Wildman–Crippen MR) is 40.0 cm³/mol. The maximum atomic E-state index is 3.78. The zero-order valence-corrected chi connectivity index (χ0v) is 9.30. The normalized spacial score (nSPS) is 6.00. The molecule has 0 bridgehead atoms. The summed E-state index contributed by atoms with van der Waals surface area (Å²) < 4.78 is 0. The van der Waals surface area contributed by atoms with Crippen LogP contribution in [0, 0.1) is 0 Å². The Hall–Kier alpha value is 0.239. The van der Waals surface area contributed by atoms with Crippen LogP contribution in [0.15, 0.2) is 30.6 Å². The molecule has 0 aromatic carbocycles. The SMILES string of the molecule is Cl.[SnH2].c1ccncc1. The maximum absolute atomic E-state index is 3.78. The van der Waals surface area contributed by atoms with Crippen LogP contribution >= 0.6 is 12.4 Å². The largest absolute Gasteiger partial charge is 0.265 e. The molecule has 0 unspecified atom stereocenters. The minimum atomic E-state index is 0. The van der Waals surface area contributed by atoms with Gasteiger partial charge in [-0.2, -0.15) is 0 Å². The van der Waals surface area contributed by atoms with E-state index in [0.717, 1.165) is 0 Å². The monoisotopic (exact) mass is 237 g/mol. The van der Waals surface area contributed by atoms with Crippen molar-refractivity contribution in [3.8, 4) is 0 Å². The summed E-state index contributed by atoms with van der Waals surface area (Å²) in [6.45, 7) is 0. The molecule has 1 nitrogen and oxygen atoms in total. The first kappa shape index (κ1) is 11.1. The maximum Gasteiger partial charge on any atom is 0.0267 e. The number of pyridine rings is 1. The van der Waals surface area contributed by atoms with Crippen molar-refractivity contribution in [2.45, 2.75) is 0 Å². The number of hydrogen-bond donors (Lipinski definition) is 0. The van der Waals surface area contributed by atoms with Crippen molar-refractivity contribution in [3.63, 3.8) is 0 Å². The van der Waals surface area contributed by atoms with Crippen LogP contribution in [0.2, 0.25) is 0 Å². The van der Waals surface area contributed by atoms with Crippen LogP contribution in [0.4, 0.5) is 0 Å². The Morgan fingerprint density at radius 2 is 1.38 bits per heavy atom. The summed E-state index contributed by atoms with van der Waals surface area (Å²) in [5, 5.41) is 0. The molecule has 1 rings (SSSR count). The molecule has 0 amide bonds. The van der Waals surface area contributed by atoms with Gasteiger partial charge in [0.2, 0.25) is 0 Å². The van der Waals surface area contributed by atoms with Gasteiger partial charge in [-0.1, -0.05) is 6.07 Å². The Kier molecular flexibility index (Phi) is 10.0. The molecule has 2 radical (unpaired) electrons. The quantitative estimate of drug-likeness (QED) is 0.601. The van der Waals surface area contributed by atoms with Crippen LogP contribution < -0.4 is 0 Å². The molecule has 0 atom stereocenters. The van der Waals surface area contributed by atoms with Crippen LogP contribution in [-0.2, 0) is 0 Å². The first-order chi connectivity index (χ1) is 3.00. The average Bonchev–Trinajstić information content (AvgIpc) is 1.72. The molecule has 44 valence electrons. The Bertz CT molecular complexity index is 84.4. The van der Waals surface area contributed by atoms with Gasteiger partial charge in [0.1, 0.15) is 0 Å². The van der Waals surface area contributed by atoms with Gasteiger partial charge in [0.05, 0.1) is 0 Å². The van der Waals surface area contributed by atoms with Gasteiger partial charge in [-0.25, -0.2) is 0 Å². The molecule has 0 N–H and O–H groups in total. The van der Waals surface area contributed by atoms with Gasteiger partial charge in [-0.15, -0.1) is 12.4 Å². The molecule has 0 saturated heterocycles. The summed E-state index contributed by atoms with van der Waals surface area (Å²) >= 11 is 0. The van der Waals surface area contributed by atoms with Crippen molar-refractivity contribution >= 4 is 36.3 Å². The van der Waals surface area contributed by atoms with Gasteiger partial charge in [0, 0.05) is 12.4 Å². The van der Waals surface area contributed by atoms with Gasteiger partial charge in [0.15, 0.2) is 0 Å². The average molecular weight is 236 g/mol. The van der Waals surface area contributed by atoms with Gasteiger partial charge < -0.3 is 0 Å². The Morgan fingerprint density at radius 1 is 0.875 bits per heavy atom. The second-order valence-corrected chi connectivity index (χ2v) is 1.02. The van der Waals surface area contributed by atoms with Crippen LogP contribution in [0.1, 0.15) is 0 Å². The van der Waals surface area contributed by atoms with Crippen molar-refractivity contribution < 1.29 is 0 Å². The Morgan fingerprint density at radius 3 is 1.50 bits per heavy atom. The minimum absolute atomic E-state index is 0. The van der Waals surface area contributed by atoms with E-state index in [-0.39, 0.29) is 36.3 Å². The third-order valence-corrected chi connectivity index (χ3v) is 0.566. The molecule has 8 heavy (non-hydrogen) atoms. The predicted octanol–water partition coefficient (Wildman–Crippen LogP) is 0.587. The van der Waals surface area contributed by atoms with E-state index in [2.05, 4.69) is 4.98 Å². The van der Waals surface area contributed by atoms with E-state index in [4.69, 9.17) is 0 Å². The number of rotatable bonds is 0. The van der Waals surface area contributed by atoms with Crippen LogP contribution in [0.25, 0.3) is 0 Å². The summed E-state index contributed by atoms with van der Waals surface area (Å²) in [6.07, 6.45) is 3.50. The summed E-state index contributed by atoms with van der Waals surface area (Å²) in [5.41, 5.74) is 0. The van der Waals surface area contributed by atoms with E-state index < -0.39 is 0 Å². The molecule has 0 fully saturated rings. The fourth-order valence-electron chi connectivity index (χ4n) is 0.313. The summed E-state index contributed by atoms with van der Waals surface area (Å²) in [4.78, 5) is 3.78. The molecule has 1 heterocycles. The fourth-order valence-corrected chi connectivity index (χ4v) is 0.313. The smallest absolute Gasteiger partial charge is 0.0267 e. The molecule has 1 aromatic rings. The van der Waals surface area contributed by atoms with E-state index in [1.807, 2.05) is 18.2 Å². The van der Waals surface area contributed by atoms with E-state index in [0.29, 0.717) is 0 Å². The summed E-state index contributed by atoms with van der Waals surface area (Å²) in [7, 11) is 0. The number of halogens is 1. The van der Waals surface area contributed by atoms with Crippen molar-refractivity contribution in [2.75, 3.05) is 0 Å². The van der Waals surface area contributed by atoms with Crippen molar-refractivity contribution in [3.05, 3.63) is 30.6 Å². The van der Waals surface area contributed by atoms with Crippen molar-refractivity contribution in [2.24, 2.45) is 0 Å². The number of nitrogens with zero attached hydrogens (tertiary/aromatic N) is 1. The molecular weight excluding hydrogens is 228 g/mol. The first-order valence-corrected chi connectivity index (χ1v) is 1.85. The van der Waals surface area contributed by atoms with E-state index in [1.54, 1.807) is 12.4 Å². The standard InChI is InChI=1S/C5H5N.ClH.Sn.2H/c1-2-4-6-5-3-1;;;;/h1-5H;1H;;;. The molecule has 1 aromatic heterocycles. The second-order valence-electron chi connectivity index (χ2n) is 1.02. The zero-order chi connectivity index (χ0) is 4.24. The van der Waals surface area contributed by atoms with Gasteiger partial charge in [-0.3, -0.25) is 4.98 Å². The first-order valence-electron chi connectivity index (χ1n) is 1.85. The molecule has 0 aliphatic heterocycles. The van der Waals surface area contributed by atoms with Crippen LogP contribution in [0.5, 0.6) is 0 Å². The van der Waals surface area contributed by atoms with Crippen LogP contribution in [-0.4, -0.2) is 28.9 Å². The molecule has 0 aliphatic carbocycles. The third-order valence-electron chi connectivity index (χ3n) is 0.566. The summed E-state index contributed by atoms with van der Waals surface area (Å²) in [5.74, 6) is 0.